The Bertz CT molecular complexity index is 658. The second-order valence-electron chi connectivity index (χ2n) is 7.11. The number of imidazole rings is 1. The monoisotopic (exact) mass is 327 g/mol. The highest BCUT2D eigenvalue weighted by Gasteiger charge is 2.22. The lowest BCUT2D eigenvalue weighted by Crippen LogP contribution is -2.25. The standard InChI is InChI=1S/C21H31N2O/c1-16(2)21(17(3)4)18(5)24-20(23-13-12-22(6)15-23)14-19-10-8-7-9-11-19/h7-13,15-17,20H,14H2,1-6H3/q+1. The van der Waals surface area contributed by atoms with Crippen molar-refractivity contribution in [2.24, 2.45) is 18.9 Å². The molecule has 0 aliphatic rings. The first kappa shape index (κ1) is 18.3. The minimum Gasteiger partial charge on any atom is -0.456 e. The maximum absolute atomic E-state index is 6.47. The van der Waals surface area contributed by atoms with E-state index >= 15 is 0 Å². The predicted octanol–water partition coefficient (Wildman–Crippen LogP) is 4.66. The zero-order chi connectivity index (χ0) is 17.7. The average molecular weight is 327 g/mol. The molecule has 1 unspecified atom stereocenters. The molecule has 1 heterocycles. The van der Waals surface area contributed by atoms with E-state index in [0.717, 1.165) is 12.2 Å². The summed E-state index contributed by atoms with van der Waals surface area (Å²) in [4.78, 5) is 0. The second kappa shape index (κ2) is 8.18. The van der Waals surface area contributed by atoms with Crippen molar-refractivity contribution in [3.8, 4) is 0 Å². The van der Waals surface area contributed by atoms with E-state index in [1.54, 1.807) is 0 Å². The van der Waals surface area contributed by atoms with Gasteiger partial charge in [0.1, 0.15) is 12.4 Å². The van der Waals surface area contributed by atoms with Crippen LogP contribution in [0, 0.1) is 11.8 Å². The molecule has 3 nitrogen and oxygen atoms in total. The molecular weight excluding hydrogens is 296 g/mol. The molecule has 0 bridgehead atoms. The van der Waals surface area contributed by atoms with Gasteiger partial charge in [-0.1, -0.05) is 58.0 Å². The number of rotatable bonds is 7. The van der Waals surface area contributed by atoms with E-state index in [9.17, 15) is 0 Å². The van der Waals surface area contributed by atoms with Crippen LogP contribution in [0.3, 0.4) is 0 Å². The summed E-state index contributed by atoms with van der Waals surface area (Å²) in [7, 11) is 2.03. The van der Waals surface area contributed by atoms with Crippen LogP contribution < -0.4 is 4.57 Å². The number of ether oxygens (including phenoxy) is 1. The van der Waals surface area contributed by atoms with Gasteiger partial charge in [-0.25, -0.2) is 4.57 Å². The number of nitrogens with zero attached hydrogens (tertiary/aromatic N) is 2. The third-order valence-electron chi connectivity index (χ3n) is 4.34. The van der Waals surface area contributed by atoms with Crippen LogP contribution in [0.1, 0.15) is 46.4 Å². The van der Waals surface area contributed by atoms with Crippen molar-refractivity contribution in [1.82, 2.24) is 4.57 Å². The summed E-state index contributed by atoms with van der Waals surface area (Å²) in [6, 6.07) is 10.5. The van der Waals surface area contributed by atoms with Gasteiger partial charge in [0, 0.05) is 0 Å². The normalized spacial score (nSPS) is 12.5. The molecule has 24 heavy (non-hydrogen) atoms. The van der Waals surface area contributed by atoms with Gasteiger partial charge in [0.25, 0.3) is 0 Å². The fraction of sp³-hybridized carbons (Fsp3) is 0.476. The highest BCUT2D eigenvalue weighted by Crippen LogP contribution is 2.27. The van der Waals surface area contributed by atoms with E-state index in [1.165, 1.54) is 11.1 Å². The molecule has 0 fully saturated rings. The highest BCUT2D eigenvalue weighted by molar-refractivity contribution is 5.16. The number of benzene rings is 1. The summed E-state index contributed by atoms with van der Waals surface area (Å²) in [6.07, 6.45) is 7.00. The lowest BCUT2D eigenvalue weighted by Gasteiger charge is -2.23. The Morgan fingerprint density at radius 2 is 1.71 bits per heavy atom. The van der Waals surface area contributed by atoms with Gasteiger partial charge in [-0.15, -0.1) is 0 Å². The Morgan fingerprint density at radius 3 is 2.21 bits per heavy atom. The number of hydrogen-bond donors (Lipinski definition) is 0. The third kappa shape index (κ3) is 4.73. The summed E-state index contributed by atoms with van der Waals surface area (Å²) in [5.74, 6) is 2.03. The van der Waals surface area contributed by atoms with E-state index in [-0.39, 0.29) is 6.23 Å². The minimum atomic E-state index is -0.0406. The van der Waals surface area contributed by atoms with Crippen molar-refractivity contribution in [2.45, 2.75) is 47.3 Å². The van der Waals surface area contributed by atoms with Crippen molar-refractivity contribution in [3.63, 3.8) is 0 Å². The van der Waals surface area contributed by atoms with Gasteiger partial charge < -0.3 is 4.74 Å². The number of aromatic nitrogens is 2. The first-order valence-electron chi connectivity index (χ1n) is 8.82. The molecule has 130 valence electrons. The largest absolute Gasteiger partial charge is 0.456 e. The molecule has 0 radical (unpaired) electrons. The van der Waals surface area contributed by atoms with Crippen molar-refractivity contribution in [3.05, 3.63) is 65.9 Å². The van der Waals surface area contributed by atoms with Gasteiger partial charge in [-0.05, 0) is 29.9 Å². The van der Waals surface area contributed by atoms with Gasteiger partial charge in [-0.2, -0.15) is 4.57 Å². The summed E-state index contributed by atoms with van der Waals surface area (Å²) in [5, 5.41) is 0. The molecule has 0 aliphatic heterocycles. The van der Waals surface area contributed by atoms with E-state index in [0.29, 0.717) is 11.8 Å². The molecule has 0 saturated carbocycles. The Balaban J connectivity index is 2.30. The Kier molecular flexibility index (Phi) is 6.24. The zero-order valence-corrected chi connectivity index (χ0v) is 15.9. The molecule has 1 aromatic carbocycles. The van der Waals surface area contributed by atoms with Crippen LogP contribution in [0.5, 0.6) is 0 Å². The van der Waals surface area contributed by atoms with E-state index in [4.69, 9.17) is 4.74 Å². The van der Waals surface area contributed by atoms with Gasteiger partial charge in [0.05, 0.1) is 19.2 Å². The molecule has 3 heteroatoms. The van der Waals surface area contributed by atoms with Crippen molar-refractivity contribution < 1.29 is 9.30 Å². The minimum absolute atomic E-state index is 0.0406. The molecule has 0 saturated heterocycles. The molecule has 0 spiro atoms. The number of allylic oxidation sites excluding steroid dienone is 2. The maximum atomic E-state index is 6.47. The predicted molar refractivity (Wildman–Crippen MR) is 98.3 cm³/mol. The summed E-state index contributed by atoms with van der Waals surface area (Å²) >= 11 is 0. The van der Waals surface area contributed by atoms with Crippen molar-refractivity contribution in [1.29, 1.82) is 0 Å². The quantitative estimate of drug-likeness (QED) is 0.534. The van der Waals surface area contributed by atoms with Crippen molar-refractivity contribution in [2.75, 3.05) is 0 Å². The number of aryl methyl sites for hydroxylation is 1. The van der Waals surface area contributed by atoms with Crippen LogP contribution in [0.2, 0.25) is 0 Å². The summed E-state index contributed by atoms with van der Waals surface area (Å²) in [5.41, 5.74) is 2.67. The molecule has 2 rings (SSSR count). The SMILES string of the molecule is CC(OC(Cc1ccccc1)n1cc[n+](C)c1)=C(C(C)C)C(C)C. The molecule has 1 aromatic heterocycles. The number of hydrogen-bond acceptors (Lipinski definition) is 1. The van der Waals surface area contributed by atoms with Crippen LogP contribution in [0.4, 0.5) is 0 Å². The maximum Gasteiger partial charge on any atom is 0.246 e. The van der Waals surface area contributed by atoms with Crippen LogP contribution in [-0.4, -0.2) is 4.57 Å². The van der Waals surface area contributed by atoms with Crippen LogP contribution in [-0.2, 0) is 18.2 Å². The van der Waals surface area contributed by atoms with Gasteiger partial charge in [0.2, 0.25) is 12.6 Å². The van der Waals surface area contributed by atoms with Gasteiger partial charge >= 0.3 is 0 Å². The fourth-order valence-electron chi connectivity index (χ4n) is 3.42. The topological polar surface area (TPSA) is 18.0 Å². The molecule has 2 aromatic rings. The smallest absolute Gasteiger partial charge is 0.246 e. The highest BCUT2D eigenvalue weighted by atomic mass is 16.5. The first-order chi connectivity index (χ1) is 11.4. The second-order valence-corrected chi connectivity index (χ2v) is 7.11. The zero-order valence-electron chi connectivity index (χ0n) is 15.9. The lowest BCUT2D eigenvalue weighted by molar-refractivity contribution is -0.671. The Hall–Kier alpha value is -2.03. The van der Waals surface area contributed by atoms with Crippen LogP contribution in [0.25, 0.3) is 0 Å². The summed E-state index contributed by atoms with van der Waals surface area (Å²) in [6.45, 7) is 11.1. The van der Waals surface area contributed by atoms with Gasteiger partial charge in [0.15, 0.2) is 0 Å². The fourth-order valence-corrected chi connectivity index (χ4v) is 3.42. The van der Waals surface area contributed by atoms with Crippen LogP contribution in [0.15, 0.2) is 60.4 Å². The molecule has 0 N–H and O–H groups in total. The average Bonchev–Trinajstić information content (AvgIpc) is 2.93. The van der Waals surface area contributed by atoms with E-state index in [2.05, 4.69) is 82.0 Å². The first-order valence-corrected chi connectivity index (χ1v) is 8.82. The summed E-state index contributed by atoms with van der Waals surface area (Å²) < 4.78 is 10.7. The third-order valence-corrected chi connectivity index (χ3v) is 4.34. The van der Waals surface area contributed by atoms with Crippen LogP contribution >= 0.6 is 0 Å². The lowest BCUT2D eigenvalue weighted by atomic mass is 9.91. The van der Waals surface area contributed by atoms with E-state index < -0.39 is 0 Å². The molecule has 0 amide bonds. The van der Waals surface area contributed by atoms with Gasteiger partial charge in [-0.3, -0.25) is 0 Å². The Labute approximate surface area is 146 Å². The van der Waals surface area contributed by atoms with E-state index in [1.807, 2.05) is 17.8 Å². The molecule has 1 atom stereocenters. The van der Waals surface area contributed by atoms with Crippen molar-refractivity contribution >= 4 is 0 Å². The Morgan fingerprint density at radius 1 is 1.08 bits per heavy atom. The molecule has 0 aliphatic carbocycles. The molecular formula is C21H31N2O+.